The third kappa shape index (κ3) is 2.89. The lowest BCUT2D eigenvalue weighted by atomic mass is 10.2. The molecule has 1 atom stereocenters. The first-order valence-electron chi connectivity index (χ1n) is 5.99. The fourth-order valence-electron chi connectivity index (χ4n) is 1.96. The normalized spacial score (nSPS) is 14.4. The Labute approximate surface area is 115 Å². The molecule has 1 unspecified atom stereocenters. The van der Waals surface area contributed by atoms with E-state index in [0.29, 0.717) is 0 Å². The molecule has 94 valence electrons. The monoisotopic (exact) mass is 275 g/mol. The minimum absolute atomic E-state index is 0.945. The Morgan fingerprint density at radius 3 is 1.89 bits per heavy atom. The zero-order valence-electron chi connectivity index (χ0n) is 10.8. The second kappa shape index (κ2) is 5.79. The summed E-state index contributed by atoms with van der Waals surface area (Å²) in [5.74, 6) is 0. The second-order valence-corrected chi connectivity index (χ2v) is 9.38. The molecule has 0 aromatic heterocycles. The highest BCUT2D eigenvalue weighted by molar-refractivity contribution is 8.16. The number of rotatable bonds is 4. The van der Waals surface area contributed by atoms with E-state index in [2.05, 4.69) is 67.3 Å². The standard InChI is InChI=1S/C15H18NPS/c1-16(2)17(18,15-11-7-4-8-12-15)13-14-9-5-3-6-10-14/h3-12H,13H2,1-2H3. The van der Waals surface area contributed by atoms with Crippen molar-refractivity contribution in [3.05, 3.63) is 66.2 Å². The minimum atomic E-state index is -1.70. The molecule has 3 heteroatoms. The van der Waals surface area contributed by atoms with E-state index >= 15 is 0 Å². The highest BCUT2D eigenvalue weighted by Crippen LogP contribution is 2.49. The van der Waals surface area contributed by atoms with Gasteiger partial charge in [-0.1, -0.05) is 72.5 Å². The van der Waals surface area contributed by atoms with Crippen LogP contribution in [0.1, 0.15) is 5.56 Å². The third-order valence-corrected chi connectivity index (χ3v) is 8.24. The maximum Gasteiger partial charge on any atom is 0.0466 e. The molecule has 0 heterocycles. The molecular formula is C15H18NPS. The summed E-state index contributed by atoms with van der Waals surface area (Å²) in [6, 6.07) is 21.0. The average Bonchev–Trinajstić information content (AvgIpc) is 2.40. The first-order chi connectivity index (χ1) is 8.63. The van der Waals surface area contributed by atoms with E-state index in [1.54, 1.807) is 0 Å². The summed E-state index contributed by atoms with van der Waals surface area (Å²) in [7, 11) is 4.19. The first kappa shape index (κ1) is 13.5. The van der Waals surface area contributed by atoms with Crippen LogP contribution in [0.5, 0.6) is 0 Å². The Bertz CT molecular complexity index is 537. The van der Waals surface area contributed by atoms with Gasteiger partial charge < -0.3 is 0 Å². The summed E-state index contributed by atoms with van der Waals surface area (Å²) in [5, 5.41) is 1.29. The summed E-state index contributed by atoms with van der Waals surface area (Å²) >= 11 is 6.01. The zero-order chi connectivity index (χ0) is 13.0. The van der Waals surface area contributed by atoms with Gasteiger partial charge in [0, 0.05) is 12.4 Å². The molecule has 2 aromatic carbocycles. The fraction of sp³-hybridized carbons (Fsp3) is 0.200. The molecule has 0 spiro atoms. The van der Waals surface area contributed by atoms with E-state index in [9.17, 15) is 0 Å². The van der Waals surface area contributed by atoms with E-state index < -0.39 is 6.19 Å². The van der Waals surface area contributed by atoms with E-state index in [-0.39, 0.29) is 0 Å². The van der Waals surface area contributed by atoms with Gasteiger partial charge in [-0.3, -0.25) is 4.67 Å². The SMILES string of the molecule is CN(C)P(=S)(Cc1ccccc1)c1ccccc1. The quantitative estimate of drug-likeness (QED) is 0.786. The van der Waals surface area contributed by atoms with Gasteiger partial charge in [0.05, 0.1) is 0 Å². The Balaban J connectivity index is 2.37. The van der Waals surface area contributed by atoms with Crippen LogP contribution in [0.4, 0.5) is 0 Å². The number of benzene rings is 2. The van der Waals surface area contributed by atoms with Gasteiger partial charge in [-0.05, 0) is 25.0 Å². The molecule has 0 radical (unpaired) electrons. The first-order valence-corrected chi connectivity index (χ1v) is 8.93. The molecule has 0 N–H and O–H groups in total. The molecule has 0 aliphatic rings. The van der Waals surface area contributed by atoms with Crippen molar-refractivity contribution in [2.24, 2.45) is 0 Å². The highest BCUT2D eigenvalue weighted by Gasteiger charge is 2.22. The number of hydrogen-bond donors (Lipinski definition) is 0. The van der Waals surface area contributed by atoms with Crippen molar-refractivity contribution in [2.45, 2.75) is 6.16 Å². The fourth-order valence-corrected chi connectivity index (χ4v) is 5.04. The van der Waals surface area contributed by atoms with Gasteiger partial charge in [-0.2, -0.15) is 0 Å². The van der Waals surface area contributed by atoms with Gasteiger partial charge in [0.25, 0.3) is 0 Å². The van der Waals surface area contributed by atoms with Crippen LogP contribution < -0.4 is 5.30 Å². The Morgan fingerprint density at radius 1 is 0.889 bits per heavy atom. The maximum absolute atomic E-state index is 6.01. The Hall–Kier alpha value is -0.950. The molecule has 0 bridgehead atoms. The van der Waals surface area contributed by atoms with Crippen molar-refractivity contribution < 1.29 is 0 Å². The summed E-state index contributed by atoms with van der Waals surface area (Å²) in [6.45, 7) is 0. The van der Waals surface area contributed by atoms with Gasteiger partial charge in [0.15, 0.2) is 0 Å². The molecular weight excluding hydrogens is 257 g/mol. The molecule has 0 amide bonds. The average molecular weight is 275 g/mol. The van der Waals surface area contributed by atoms with Crippen LogP contribution in [-0.4, -0.2) is 18.8 Å². The highest BCUT2D eigenvalue weighted by atomic mass is 32.4. The van der Waals surface area contributed by atoms with Gasteiger partial charge >= 0.3 is 0 Å². The molecule has 1 nitrogen and oxygen atoms in total. The van der Waals surface area contributed by atoms with Crippen LogP contribution in [0.2, 0.25) is 0 Å². The lowest BCUT2D eigenvalue weighted by Gasteiger charge is -2.29. The smallest absolute Gasteiger partial charge is 0.0466 e. The van der Waals surface area contributed by atoms with Gasteiger partial charge in [-0.15, -0.1) is 0 Å². The van der Waals surface area contributed by atoms with E-state index in [1.165, 1.54) is 10.9 Å². The number of nitrogens with zero attached hydrogens (tertiary/aromatic N) is 1. The Morgan fingerprint density at radius 2 is 1.39 bits per heavy atom. The van der Waals surface area contributed by atoms with E-state index in [4.69, 9.17) is 11.8 Å². The second-order valence-electron chi connectivity index (χ2n) is 4.53. The van der Waals surface area contributed by atoms with Crippen LogP contribution in [0, 0.1) is 0 Å². The van der Waals surface area contributed by atoms with Crippen molar-refractivity contribution in [3.8, 4) is 0 Å². The molecule has 2 rings (SSSR count). The summed E-state index contributed by atoms with van der Waals surface area (Å²) in [6.07, 6.45) is -0.754. The van der Waals surface area contributed by atoms with Crippen LogP contribution in [0.25, 0.3) is 0 Å². The van der Waals surface area contributed by atoms with Gasteiger partial charge in [-0.25, -0.2) is 0 Å². The molecule has 0 saturated heterocycles. The minimum Gasteiger partial charge on any atom is -0.277 e. The van der Waals surface area contributed by atoms with Gasteiger partial charge in [0.1, 0.15) is 0 Å². The topological polar surface area (TPSA) is 3.24 Å². The molecule has 0 saturated carbocycles. The molecule has 0 aliphatic heterocycles. The lowest BCUT2D eigenvalue weighted by molar-refractivity contribution is 0.679. The molecule has 0 aliphatic carbocycles. The summed E-state index contributed by atoms with van der Waals surface area (Å²) < 4.78 is 2.23. The lowest BCUT2D eigenvalue weighted by Crippen LogP contribution is -2.19. The van der Waals surface area contributed by atoms with Crippen molar-refractivity contribution in [3.63, 3.8) is 0 Å². The summed E-state index contributed by atoms with van der Waals surface area (Å²) in [4.78, 5) is 0. The van der Waals surface area contributed by atoms with Crippen molar-refractivity contribution in [1.29, 1.82) is 0 Å². The molecule has 0 fully saturated rings. The van der Waals surface area contributed by atoms with Crippen LogP contribution in [0.3, 0.4) is 0 Å². The third-order valence-electron chi connectivity index (χ3n) is 3.05. The van der Waals surface area contributed by atoms with Crippen molar-refractivity contribution >= 4 is 23.3 Å². The Kier molecular flexibility index (Phi) is 4.34. The van der Waals surface area contributed by atoms with E-state index in [1.807, 2.05) is 12.1 Å². The van der Waals surface area contributed by atoms with Crippen molar-refractivity contribution in [1.82, 2.24) is 4.67 Å². The molecule has 2 aromatic rings. The van der Waals surface area contributed by atoms with E-state index in [0.717, 1.165) is 6.16 Å². The van der Waals surface area contributed by atoms with Crippen LogP contribution in [-0.2, 0) is 18.0 Å². The molecule has 18 heavy (non-hydrogen) atoms. The predicted molar refractivity (Wildman–Crippen MR) is 84.2 cm³/mol. The largest absolute Gasteiger partial charge is 0.277 e. The van der Waals surface area contributed by atoms with Gasteiger partial charge in [0.2, 0.25) is 0 Å². The van der Waals surface area contributed by atoms with Crippen LogP contribution >= 0.6 is 6.19 Å². The summed E-state index contributed by atoms with van der Waals surface area (Å²) in [5.41, 5.74) is 1.32. The van der Waals surface area contributed by atoms with Crippen LogP contribution in [0.15, 0.2) is 60.7 Å². The number of hydrogen-bond acceptors (Lipinski definition) is 1. The van der Waals surface area contributed by atoms with Crippen molar-refractivity contribution in [2.75, 3.05) is 14.1 Å². The zero-order valence-corrected chi connectivity index (χ0v) is 12.5. The predicted octanol–water partition coefficient (Wildman–Crippen LogP) is 3.47. The maximum atomic E-state index is 6.01.